The number of carbonyl (C=O) groups is 2. The predicted molar refractivity (Wildman–Crippen MR) is 102 cm³/mol. The van der Waals surface area contributed by atoms with E-state index in [4.69, 9.17) is 25.5 Å². The Morgan fingerprint density at radius 3 is 2.07 bits per heavy atom. The van der Waals surface area contributed by atoms with Crippen molar-refractivity contribution in [1.82, 2.24) is 4.90 Å². The molecule has 1 rings (SSSR count). The van der Waals surface area contributed by atoms with Crippen LogP contribution in [0.15, 0.2) is 24.3 Å². The van der Waals surface area contributed by atoms with E-state index < -0.39 is 11.9 Å². The average molecular weight is 383 g/mol. The first-order chi connectivity index (χ1) is 12.8. The smallest absolute Gasteiger partial charge is 0.414 e. The van der Waals surface area contributed by atoms with E-state index in [1.54, 1.807) is 12.1 Å². The van der Waals surface area contributed by atoms with Gasteiger partial charge in [0.15, 0.2) is 0 Å². The number of benzene rings is 1. The molecule has 0 atom stereocenters. The maximum absolute atomic E-state index is 10.6. The summed E-state index contributed by atoms with van der Waals surface area (Å²) in [4.78, 5) is 30.9. The first kappa shape index (κ1) is 24.5. The number of hydrogen-bond donors (Lipinski definition) is 3. The van der Waals surface area contributed by atoms with Gasteiger partial charge in [0.25, 0.3) is 5.69 Å². The standard InChI is InChI=1S/C16H27N3O2.C2H2O4/c1-2-12-18(13-5-3-4-11-17)14-10-15-6-8-16(9-7-15)19(20)21;3-1(4)2(5)6/h6-9H,2-5,10-14,17H2,1H3;(H,3,4)(H,5,6). The lowest BCUT2D eigenvalue weighted by atomic mass is 10.1. The zero-order valence-corrected chi connectivity index (χ0v) is 15.7. The molecule has 0 amide bonds. The Hall–Kier alpha value is -2.52. The molecule has 9 heteroatoms. The Balaban J connectivity index is 0.000000972. The van der Waals surface area contributed by atoms with Gasteiger partial charge in [0, 0.05) is 18.7 Å². The molecule has 0 spiro atoms. The summed E-state index contributed by atoms with van der Waals surface area (Å²) in [6, 6.07) is 6.88. The Morgan fingerprint density at radius 2 is 1.63 bits per heavy atom. The number of carboxylic acids is 2. The Morgan fingerprint density at radius 1 is 1.04 bits per heavy atom. The van der Waals surface area contributed by atoms with Crippen LogP contribution in [0, 0.1) is 10.1 Å². The van der Waals surface area contributed by atoms with Crippen LogP contribution in [-0.4, -0.2) is 58.2 Å². The van der Waals surface area contributed by atoms with E-state index in [1.807, 2.05) is 12.1 Å². The number of nitro groups is 1. The topological polar surface area (TPSA) is 147 Å². The molecule has 1 aromatic carbocycles. The quantitative estimate of drug-likeness (QED) is 0.228. The molecule has 0 aromatic heterocycles. The number of hydrogen-bond acceptors (Lipinski definition) is 6. The predicted octanol–water partition coefficient (Wildman–Crippen LogP) is 2.13. The number of carboxylic acid groups (broad SMARTS) is 2. The van der Waals surface area contributed by atoms with Crippen LogP contribution in [0.4, 0.5) is 5.69 Å². The van der Waals surface area contributed by atoms with E-state index in [2.05, 4.69) is 11.8 Å². The first-order valence-electron chi connectivity index (χ1n) is 8.93. The van der Waals surface area contributed by atoms with Crippen LogP contribution < -0.4 is 5.73 Å². The third-order valence-electron chi connectivity index (χ3n) is 3.77. The molecule has 0 aliphatic carbocycles. The van der Waals surface area contributed by atoms with E-state index in [0.717, 1.165) is 51.0 Å². The summed E-state index contributed by atoms with van der Waals surface area (Å²) in [5.74, 6) is -3.65. The number of nitro benzene ring substituents is 1. The lowest BCUT2D eigenvalue weighted by Gasteiger charge is -2.21. The van der Waals surface area contributed by atoms with Gasteiger partial charge in [0.1, 0.15) is 0 Å². The van der Waals surface area contributed by atoms with Gasteiger partial charge in [0.05, 0.1) is 4.92 Å². The molecule has 0 aliphatic rings. The van der Waals surface area contributed by atoms with Crippen molar-refractivity contribution in [3.63, 3.8) is 0 Å². The van der Waals surface area contributed by atoms with Gasteiger partial charge in [-0.25, -0.2) is 9.59 Å². The number of nitrogens with zero attached hydrogens (tertiary/aromatic N) is 2. The fourth-order valence-corrected chi connectivity index (χ4v) is 2.38. The molecule has 152 valence electrons. The zero-order chi connectivity index (χ0) is 20.7. The molecule has 0 radical (unpaired) electrons. The minimum Gasteiger partial charge on any atom is -0.473 e. The normalized spacial score (nSPS) is 10.2. The van der Waals surface area contributed by atoms with Crippen molar-refractivity contribution in [2.75, 3.05) is 26.2 Å². The maximum atomic E-state index is 10.6. The Kier molecular flexibility index (Phi) is 13.3. The molecule has 0 unspecified atom stereocenters. The highest BCUT2D eigenvalue weighted by Gasteiger charge is 2.07. The number of unbranched alkanes of at least 4 members (excludes halogenated alkanes) is 2. The number of nitrogens with two attached hydrogens (primary N) is 1. The molecule has 4 N–H and O–H groups in total. The van der Waals surface area contributed by atoms with Gasteiger partial charge in [-0.1, -0.05) is 25.5 Å². The van der Waals surface area contributed by atoms with Crippen molar-refractivity contribution in [3.8, 4) is 0 Å². The van der Waals surface area contributed by atoms with E-state index >= 15 is 0 Å². The van der Waals surface area contributed by atoms with E-state index in [9.17, 15) is 10.1 Å². The fraction of sp³-hybridized carbons (Fsp3) is 0.556. The van der Waals surface area contributed by atoms with Crippen molar-refractivity contribution in [2.45, 2.75) is 39.0 Å². The van der Waals surface area contributed by atoms with Crippen LogP contribution in [0.5, 0.6) is 0 Å². The minimum atomic E-state index is -1.82. The van der Waals surface area contributed by atoms with Crippen LogP contribution in [0.2, 0.25) is 0 Å². The minimum absolute atomic E-state index is 0.158. The van der Waals surface area contributed by atoms with Crippen molar-refractivity contribution in [2.24, 2.45) is 5.73 Å². The van der Waals surface area contributed by atoms with Gasteiger partial charge in [-0.3, -0.25) is 10.1 Å². The highest BCUT2D eigenvalue weighted by molar-refractivity contribution is 6.27. The molecular weight excluding hydrogens is 354 g/mol. The zero-order valence-electron chi connectivity index (χ0n) is 15.7. The van der Waals surface area contributed by atoms with Gasteiger partial charge < -0.3 is 20.8 Å². The second-order valence-electron chi connectivity index (χ2n) is 5.97. The highest BCUT2D eigenvalue weighted by Crippen LogP contribution is 2.12. The molecule has 27 heavy (non-hydrogen) atoms. The van der Waals surface area contributed by atoms with Crippen molar-refractivity contribution in [1.29, 1.82) is 0 Å². The van der Waals surface area contributed by atoms with Crippen LogP contribution in [0.3, 0.4) is 0 Å². The van der Waals surface area contributed by atoms with Gasteiger partial charge in [-0.2, -0.15) is 0 Å². The second kappa shape index (κ2) is 14.6. The summed E-state index contributed by atoms with van der Waals surface area (Å²) in [6.07, 6.45) is 5.57. The van der Waals surface area contributed by atoms with E-state index in [-0.39, 0.29) is 10.6 Å². The fourth-order valence-electron chi connectivity index (χ4n) is 2.38. The molecule has 0 saturated carbocycles. The molecule has 0 heterocycles. The van der Waals surface area contributed by atoms with Gasteiger partial charge in [-0.05, 0) is 50.9 Å². The summed E-state index contributed by atoms with van der Waals surface area (Å²) >= 11 is 0. The van der Waals surface area contributed by atoms with E-state index in [1.165, 1.54) is 12.8 Å². The molecule has 0 aliphatic heterocycles. The van der Waals surface area contributed by atoms with Crippen molar-refractivity contribution < 1.29 is 24.7 Å². The van der Waals surface area contributed by atoms with Crippen molar-refractivity contribution in [3.05, 3.63) is 39.9 Å². The van der Waals surface area contributed by atoms with Gasteiger partial charge in [0.2, 0.25) is 0 Å². The van der Waals surface area contributed by atoms with Crippen LogP contribution >= 0.6 is 0 Å². The third kappa shape index (κ3) is 12.5. The maximum Gasteiger partial charge on any atom is 0.414 e. The van der Waals surface area contributed by atoms with Gasteiger partial charge in [-0.15, -0.1) is 0 Å². The summed E-state index contributed by atoms with van der Waals surface area (Å²) in [5, 5.41) is 25.4. The number of non-ortho nitro benzene ring substituents is 1. The SMILES string of the molecule is CCCN(CCCCCN)CCc1ccc([N+](=O)[O-])cc1.O=C(O)C(=O)O. The molecule has 1 aromatic rings. The largest absolute Gasteiger partial charge is 0.473 e. The summed E-state index contributed by atoms with van der Waals surface area (Å²) in [5.41, 5.74) is 6.83. The van der Waals surface area contributed by atoms with Crippen LogP contribution in [0.25, 0.3) is 0 Å². The Labute approximate surface area is 158 Å². The molecule has 0 fully saturated rings. The average Bonchev–Trinajstić information content (AvgIpc) is 2.64. The van der Waals surface area contributed by atoms with Crippen LogP contribution in [0.1, 0.15) is 38.2 Å². The number of rotatable bonds is 11. The third-order valence-corrected chi connectivity index (χ3v) is 3.77. The number of aliphatic carboxylic acids is 2. The molecule has 9 nitrogen and oxygen atoms in total. The summed E-state index contributed by atoms with van der Waals surface area (Å²) in [7, 11) is 0. The van der Waals surface area contributed by atoms with Crippen LogP contribution in [-0.2, 0) is 16.0 Å². The first-order valence-corrected chi connectivity index (χ1v) is 8.93. The second-order valence-corrected chi connectivity index (χ2v) is 5.97. The van der Waals surface area contributed by atoms with Gasteiger partial charge >= 0.3 is 11.9 Å². The molecular formula is C18H29N3O6. The lowest BCUT2D eigenvalue weighted by Crippen LogP contribution is -2.28. The Bertz CT molecular complexity index is 565. The van der Waals surface area contributed by atoms with E-state index in [0.29, 0.717) is 0 Å². The molecule has 0 bridgehead atoms. The van der Waals surface area contributed by atoms with Crippen molar-refractivity contribution >= 4 is 17.6 Å². The monoisotopic (exact) mass is 383 g/mol. The highest BCUT2D eigenvalue weighted by atomic mass is 16.6. The molecule has 0 saturated heterocycles. The summed E-state index contributed by atoms with van der Waals surface area (Å²) in [6.45, 7) is 6.19. The summed E-state index contributed by atoms with van der Waals surface area (Å²) < 4.78 is 0. The lowest BCUT2D eigenvalue weighted by molar-refractivity contribution is -0.384.